The molecule has 0 amide bonds. The normalized spacial score (nSPS) is 23.9. The third-order valence-corrected chi connectivity index (χ3v) is 6.39. The Kier molecular flexibility index (Phi) is 8.71. The molecular weight excluding hydrogens is 478 g/mol. The first kappa shape index (κ1) is 26.2. The highest BCUT2D eigenvalue weighted by Gasteiger charge is 2.47. The van der Waals surface area contributed by atoms with Gasteiger partial charge in [0.05, 0.1) is 18.1 Å². The SMILES string of the molecule is CCO[C@@H]1[C@@H](OC)[C@H](C)O[C@@H](OC(=S)Nc2ccc(-c3cn(-c4ccc(C)cc4)cn3)cc2)[C@@H]1OC. The van der Waals surface area contributed by atoms with Crippen LogP contribution in [0.3, 0.4) is 0 Å². The molecule has 192 valence electrons. The molecule has 2 aromatic carbocycles. The van der Waals surface area contributed by atoms with Crippen LogP contribution < -0.4 is 5.32 Å². The van der Waals surface area contributed by atoms with E-state index in [4.69, 9.17) is 35.9 Å². The second-order valence-electron chi connectivity index (χ2n) is 8.64. The van der Waals surface area contributed by atoms with Gasteiger partial charge in [-0.2, -0.15) is 0 Å². The van der Waals surface area contributed by atoms with E-state index in [0.29, 0.717) is 6.61 Å². The Morgan fingerprint density at radius 3 is 2.36 bits per heavy atom. The molecule has 4 rings (SSSR count). The highest BCUT2D eigenvalue weighted by Crippen LogP contribution is 2.28. The molecule has 9 heteroatoms. The third kappa shape index (κ3) is 5.93. The molecule has 5 atom stereocenters. The van der Waals surface area contributed by atoms with Crippen LogP contribution in [-0.4, -0.2) is 66.3 Å². The topological polar surface area (TPSA) is 76.0 Å². The van der Waals surface area contributed by atoms with Gasteiger partial charge in [0, 0.05) is 44.0 Å². The fourth-order valence-corrected chi connectivity index (χ4v) is 4.54. The molecule has 0 unspecified atom stereocenters. The van der Waals surface area contributed by atoms with Gasteiger partial charge in [0.2, 0.25) is 6.29 Å². The number of hydrogen-bond acceptors (Lipinski definition) is 7. The number of aryl methyl sites for hydroxylation is 1. The molecule has 0 aliphatic carbocycles. The zero-order chi connectivity index (χ0) is 25.7. The fraction of sp³-hybridized carbons (Fsp3) is 0.407. The minimum absolute atomic E-state index is 0.178. The largest absolute Gasteiger partial charge is 0.438 e. The van der Waals surface area contributed by atoms with E-state index in [-0.39, 0.29) is 23.5 Å². The molecule has 0 radical (unpaired) electrons. The summed E-state index contributed by atoms with van der Waals surface area (Å²) in [6, 6.07) is 16.1. The number of benzene rings is 2. The van der Waals surface area contributed by atoms with Crippen molar-refractivity contribution >= 4 is 23.1 Å². The summed E-state index contributed by atoms with van der Waals surface area (Å²) in [5, 5.41) is 3.29. The van der Waals surface area contributed by atoms with Crippen LogP contribution in [0, 0.1) is 6.92 Å². The first-order chi connectivity index (χ1) is 17.4. The summed E-state index contributed by atoms with van der Waals surface area (Å²) >= 11 is 5.45. The molecule has 1 N–H and O–H groups in total. The number of methoxy groups -OCH3 is 2. The van der Waals surface area contributed by atoms with E-state index in [1.807, 2.05) is 55.2 Å². The smallest absolute Gasteiger partial charge is 0.263 e. The van der Waals surface area contributed by atoms with Crippen molar-refractivity contribution in [1.82, 2.24) is 9.55 Å². The van der Waals surface area contributed by atoms with E-state index in [0.717, 1.165) is 22.6 Å². The molecule has 1 aromatic heterocycles. The number of ether oxygens (including phenoxy) is 5. The van der Waals surface area contributed by atoms with Crippen LogP contribution in [0.25, 0.3) is 16.9 Å². The second kappa shape index (κ2) is 11.9. The number of nitrogens with zero attached hydrogens (tertiary/aromatic N) is 2. The lowest BCUT2D eigenvalue weighted by atomic mass is 9.99. The van der Waals surface area contributed by atoms with E-state index in [9.17, 15) is 0 Å². The van der Waals surface area contributed by atoms with Crippen LogP contribution in [0.2, 0.25) is 0 Å². The Morgan fingerprint density at radius 2 is 1.72 bits per heavy atom. The van der Waals surface area contributed by atoms with Crippen LogP contribution in [0.5, 0.6) is 0 Å². The number of imidazole rings is 1. The molecule has 3 aromatic rings. The molecule has 0 spiro atoms. The second-order valence-corrected chi connectivity index (χ2v) is 9.01. The summed E-state index contributed by atoms with van der Waals surface area (Å²) in [6.07, 6.45) is 1.70. The van der Waals surface area contributed by atoms with Gasteiger partial charge >= 0.3 is 0 Å². The minimum Gasteiger partial charge on any atom is -0.438 e. The summed E-state index contributed by atoms with van der Waals surface area (Å²) in [7, 11) is 3.22. The minimum atomic E-state index is -0.738. The lowest BCUT2D eigenvalue weighted by Gasteiger charge is -2.43. The van der Waals surface area contributed by atoms with E-state index in [2.05, 4.69) is 41.5 Å². The number of hydrogen-bond donors (Lipinski definition) is 1. The monoisotopic (exact) mass is 511 g/mol. The van der Waals surface area contributed by atoms with Crippen molar-refractivity contribution < 1.29 is 23.7 Å². The average Bonchev–Trinajstić information content (AvgIpc) is 3.36. The van der Waals surface area contributed by atoms with E-state index < -0.39 is 12.4 Å². The van der Waals surface area contributed by atoms with Crippen molar-refractivity contribution in [3.05, 3.63) is 66.6 Å². The van der Waals surface area contributed by atoms with Gasteiger partial charge in [-0.3, -0.25) is 0 Å². The number of rotatable bonds is 8. The van der Waals surface area contributed by atoms with Crippen LogP contribution in [0.15, 0.2) is 61.1 Å². The lowest BCUT2D eigenvalue weighted by Crippen LogP contribution is -2.60. The van der Waals surface area contributed by atoms with Gasteiger partial charge in [0.15, 0.2) is 0 Å². The summed E-state index contributed by atoms with van der Waals surface area (Å²) in [5.74, 6) is 0. The average molecular weight is 512 g/mol. The van der Waals surface area contributed by atoms with Crippen molar-refractivity contribution in [1.29, 1.82) is 0 Å². The highest BCUT2D eigenvalue weighted by molar-refractivity contribution is 7.80. The number of thiocarbonyl (C=S) groups is 1. The third-order valence-electron chi connectivity index (χ3n) is 6.20. The number of aromatic nitrogens is 2. The molecule has 1 aliphatic rings. The van der Waals surface area contributed by atoms with Gasteiger partial charge in [-0.15, -0.1) is 0 Å². The Hall–Kier alpha value is -2.82. The fourth-order valence-electron chi connectivity index (χ4n) is 4.33. The molecular formula is C27H33N3O5S. The van der Waals surface area contributed by atoms with Crippen molar-refractivity contribution in [3.63, 3.8) is 0 Å². The van der Waals surface area contributed by atoms with Gasteiger partial charge in [-0.25, -0.2) is 4.98 Å². The molecule has 2 heterocycles. The Bertz CT molecular complexity index is 1140. The zero-order valence-electron chi connectivity index (χ0n) is 21.2. The van der Waals surface area contributed by atoms with E-state index in [1.165, 1.54) is 5.56 Å². The Morgan fingerprint density at radius 1 is 1.03 bits per heavy atom. The van der Waals surface area contributed by atoms with Crippen LogP contribution in [0.1, 0.15) is 19.4 Å². The molecule has 1 fully saturated rings. The summed E-state index contributed by atoms with van der Waals surface area (Å²) in [5.41, 5.74) is 4.95. The molecule has 0 saturated carbocycles. The maximum Gasteiger partial charge on any atom is 0.263 e. The van der Waals surface area contributed by atoms with Crippen LogP contribution in [-0.2, 0) is 23.7 Å². The van der Waals surface area contributed by atoms with Crippen molar-refractivity contribution in [2.45, 2.75) is 51.5 Å². The summed E-state index contributed by atoms with van der Waals surface area (Å²) in [6.45, 7) is 6.43. The van der Waals surface area contributed by atoms with Gasteiger partial charge in [-0.1, -0.05) is 29.8 Å². The Balaban J connectivity index is 1.39. The van der Waals surface area contributed by atoms with Crippen LogP contribution >= 0.6 is 12.2 Å². The predicted octanol–water partition coefficient (Wildman–Crippen LogP) is 4.74. The van der Waals surface area contributed by atoms with Crippen molar-refractivity contribution in [2.75, 3.05) is 26.1 Å². The van der Waals surface area contributed by atoms with Gasteiger partial charge in [0.1, 0.15) is 18.3 Å². The van der Waals surface area contributed by atoms with E-state index in [1.54, 1.807) is 14.2 Å². The number of anilines is 1. The molecule has 36 heavy (non-hydrogen) atoms. The first-order valence-corrected chi connectivity index (χ1v) is 12.4. The highest BCUT2D eigenvalue weighted by atomic mass is 32.1. The van der Waals surface area contributed by atoms with Gasteiger partial charge < -0.3 is 33.6 Å². The maximum atomic E-state index is 6.01. The van der Waals surface area contributed by atoms with Crippen LogP contribution in [0.4, 0.5) is 5.69 Å². The molecule has 0 bridgehead atoms. The first-order valence-electron chi connectivity index (χ1n) is 11.9. The maximum absolute atomic E-state index is 6.01. The van der Waals surface area contributed by atoms with E-state index >= 15 is 0 Å². The van der Waals surface area contributed by atoms with Gasteiger partial charge in [-0.05, 0) is 57.3 Å². The standard InChI is InChI=1S/C27H33N3O5S/c1-6-33-24-23(31-4)18(3)34-26(25(24)32-5)35-27(36)29-20-11-9-19(10-12-20)22-15-30(16-28-22)21-13-7-17(2)8-14-21/h7-16,18,23-26H,6H2,1-5H3,(H,29,36)/t18-,23-,24+,25+,26-/m0/s1. The van der Waals surface area contributed by atoms with Crippen molar-refractivity contribution in [2.24, 2.45) is 0 Å². The zero-order valence-corrected chi connectivity index (χ0v) is 22.0. The lowest BCUT2D eigenvalue weighted by molar-refractivity contribution is -0.289. The summed E-state index contributed by atoms with van der Waals surface area (Å²) in [4.78, 5) is 4.55. The molecule has 8 nitrogen and oxygen atoms in total. The predicted molar refractivity (Wildman–Crippen MR) is 142 cm³/mol. The van der Waals surface area contributed by atoms with Gasteiger partial charge in [0.25, 0.3) is 5.17 Å². The summed E-state index contributed by atoms with van der Waals surface area (Å²) < 4.78 is 31.1. The number of nitrogens with one attached hydrogen (secondary N) is 1. The molecule has 1 aliphatic heterocycles. The molecule has 1 saturated heterocycles. The Labute approximate surface area is 217 Å². The van der Waals surface area contributed by atoms with Crippen molar-refractivity contribution in [3.8, 4) is 16.9 Å². The quantitative estimate of drug-likeness (QED) is 0.435.